The minimum atomic E-state index is -4.93. The van der Waals surface area contributed by atoms with Crippen LogP contribution in [0.25, 0.3) is 0 Å². The van der Waals surface area contributed by atoms with Crippen LogP contribution in [0.2, 0.25) is 0 Å². The fraction of sp³-hybridized carbons (Fsp3) is 0.211. The van der Waals surface area contributed by atoms with Gasteiger partial charge in [0.15, 0.2) is 5.78 Å². The first-order chi connectivity index (χ1) is 12.5. The van der Waals surface area contributed by atoms with E-state index >= 15 is 0 Å². The summed E-state index contributed by atoms with van der Waals surface area (Å²) in [5, 5.41) is 2.29. The molecule has 0 aliphatic carbocycles. The van der Waals surface area contributed by atoms with Gasteiger partial charge in [-0.2, -0.15) is 26.3 Å². The maximum Gasteiger partial charge on any atom is 0.416 e. The van der Waals surface area contributed by atoms with Gasteiger partial charge in [-0.25, -0.2) is 0 Å². The van der Waals surface area contributed by atoms with Crippen LogP contribution in [0.3, 0.4) is 0 Å². The summed E-state index contributed by atoms with van der Waals surface area (Å²) < 4.78 is 76.8. The minimum Gasteiger partial charge on any atom is -0.362 e. The number of halogens is 6. The lowest BCUT2D eigenvalue weighted by Gasteiger charge is -2.14. The van der Waals surface area contributed by atoms with E-state index in [2.05, 4.69) is 5.32 Å². The van der Waals surface area contributed by atoms with Crippen LogP contribution >= 0.6 is 0 Å². The van der Waals surface area contributed by atoms with Crippen molar-refractivity contribution in [3.8, 4) is 0 Å². The van der Waals surface area contributed by atoms with Gasteiger partial charge in [0.25, 0.3) is 0 Å². The average Bonchev–Trinajstić information content (AvgIpc) is 2.60. The summed E-state index contributed by atoms with van der Waals surface area (Å²) in [4.78, 5) is 12.0. The van der Waals surface area contributed by atoms with Crippen molar-refractivity contribution >= 4 is 11.5 Å². The fourth-order valence-corrected chi connectivity index (χ4v) is 2.25. The molecule has 2 nitrogen and oxygen atoms in total. The van der Waals surface area contributed by atoms with Crippen LogP contribution in [0.15, 0.2) is 54.7 Å². The Morgan fingerprint density at radius 1 is 0.926 bits per heavy atom. The molecule has 144 valence electrons. The van der Waals surface area contributed by atoms with Crippen LogP contribution in [0, 0.1) is 0 Å². The standard InChI is InChI=1S/C19H15F6NO/c1-2-12-3-5-13(6-4-12)17(27)7-8-26-16-10-14(18(20,21)22)9-15(11-16)19(23,24)25/h3-11,26H,2H2,1H3. The summed E-state index contributed by atoms with van der Waals surface area (Å²) in [5.41, 5.74) is -1.92. The van der Waals surface area contributed by atoms with Crippen molar-refractivity contribution in [3.63, 3.8) is 0 Å². The van der Waals surface area contributed by atoms with Crippen LogP contribution in [-0.4, -0.2) is 5.78 Å². The Kier molecular flexibility index (Phi) is 5.98. The zero-order valence-corrected chi connectivity index (χ0v) is 14.1. The molecular formula is C19H15F6NO. The van der Waals surface area contributed by atoms with E-state index in [1.54, 1.807) is 24.3 Å². The van der Waals surface area contributed by atoms with Gasteiger partial charge in [-0.05, 0) is 30.2 Å². The summed E-state index contributed by atoms with van der Waals surface area (Å²) >= 11 is 0. The lowest BCUT2D eigenvalue weighted by molar-refractivity contribution is -0.143. The Bertz CT molecular complexity index is 803. The number of hydrogen-bond donors (Lipinski definition) is 1. The molecule has 0 spiro atoms. The predicted octanol–water partition coefficient (Wildman–Crippen LogP) is 6.10. The maximum absolute atomic E-state index is 12.8. The number of carbonyl (C=O) groups excluding carboxylic acids is 1. The maximum atomic E-state index is 12.8. The van der Waals surface area contributed by atoms with E-state index in [9.17, 15) is 31.1 Å². The predicted molar refractivity (Wildman–Crippen MR) is 89.4 cm³/mol. The molecule has 1 N–H and O–H groups in total. The second kappa shape index (κ2) is 7.85. The van der Waals surface area contributed by atoms with E-state index in [0.717, 1.165) is 24.3 Å². The number of rotatable bonds is 5. The third kappa shape index (κ3) is 5.60. The van der Waals surface area contributed by atoms with Crippen molar-refractivity contribution in [3.05, 3.63) is 77.0 Å². The van der Waals surface area contributed by atoms with Crippen LogP contribution in [-0.2, 0) is 18.8 Å². The van der Waals surface area contributed by atoms with E-state index in [1.165, 1.54) is 0 Å². The number of allylic oxidation sites excluding steroid dienone is 1. The molecule has 8 heteroatoms. The highest BCUT2D eigenvalue weighted by Gasteiger charge is 2.36. The topological polar surface area (TPSA) is 29.1 Å². The number of benzene rings is 2. The molecule has 0 atom stereocenters. The Morgan fingerprint density at radius 2 is 1.44 bits per heavy atom. The van der Waals surface area contributed by atoms with Crippen molar-refractivity contribution in [2.24, 2.45) is 0 Å². The van der Waals surface area contributed by atoms with Crippen LogP contribution in [0.1, 0.15) is 34.0 Å². The SMILES string of the molecule is CCc1ccc(C(=O)C=CNc2cc(C(F)(F)F)cc(C(F)(F)F)c2)cc1. The van der Waals surface area contributed by atoms with Gasteiger partial charge in [0.2, 0.25) is 0 Å². The zero-order valence-electron chi connectivity index (χ0n) is 14.1. The molecule has 0 saturated heterocycles. The normalized spacial score (nSPS) is 12.4. The highest BCUT2D eigenvalue weighted by molar-refractivity contribution is 6.04. The summed E-state index contributed by atoms with van der Waals surface area (Å²) in [6.07, 6.45) is -7.03. The Hall–Kier alpha value is -2.77. The minimum absolute atomic E-state index is 0.0370. The second-order valence-corrected chi connectivity index (χ2v) is 5.69. The van der Waals surface area contributed by atoms with Crippen LogP contribution < -0.4 is 5.32 Å². The van der Waals surface area contributed by atoms with Crippen molar-refractivity contribution in [1.29, 1.82) is 0 Å². The fourth-order valence-electron chi connectivity index (χ4n) is 2.25. The lowest BCUT2D eigenvalue weighted by atomic mass is 10.1. The molecule has 0 fully saturated rings. The summed E-state index contributed by atoms with van der Waals surface area (Å²) in [5.74, 6) is -0.437. The molecule has 27 heavy (non-hydrogen) atoms. The van der Waals surface area contributed by atoms with Gasteiger partial charge in [0, 0.05) is 23.5 Å². The number of anilines is 1. The van der Waals surface area contributed by atoms with E-state index in [-0.39, 0.29) is 6.07 Å². The third-order valence-electron chi connectivity index (χ3n) is 3.72. The number of alkyl halides is 6. The number of nitrogens with one attached hydrogen (secondary N) is 1. The Labute approximate surface area is 151 Å². The zero-order chi connectivity index (χ0) is 20.2. The van der Waals surface area contributed by atoms with E-state index in [0.29, 0.717) is 17.7 Å². The van der Waals surface area contributed by atoms with Crippen molar-refractivity contribution < 1.29 is 31.1 Å². The molecule has 0 bridgehead atoms. The Balaban J connectivity index is 2.20. The average molecular weight is 387 g/mol. The molecule has 0 saturated carbocycles. The molecule has 0 unspecified atom stereocenters. The van der Waals surface area contributed by atoms with Gasteiger partial charge in [0.1, 0.15) is 0 Å². The number of carbonyl (C=O) groups is 1. The van der Waals surface area contributed by atoms with Crippen molar-refractivity contribution in [2.45, 2.75) is 25.7 Å². The molecule has 2 rings (SSSR count). The van der Waals surface area contributed by atoms with E-state index in [4.69, 9.17) is 0 Å². The summed E-state index contributed by atoms with van der Waals surface area (Å²) in [6.45, 7) is 1.95. The molecule has 0 aliphatic rings. The van der Waals surface area contributed by atoms with E-state index < -0.39 is 35.0 Å². The van der Waals surface area contributed by atoms with Gasteiger partial charge in [-0.3, -0.25) is 4.79 Å². The molecular weight excluding hydrogens is 372 g/mol. The third-order valence-corrected chi connectivity index (χ3v) is 3.72. The highest BCUT2D eigenvalue weighted by Crippen LogP contribution is 2.37. The first kappa shape index (κ1) is 20.5. The van der Waals surface area contributed by atoms with Gasteiger partial charge >= 0.3 is 12.4 Å². The smallest absolute Gasteiger partial charge is 0.362 e. The van der Waals surface area contributed by atoms with Crippen molar-refractivity contribution in [1.82, 2.24) is 0 Å². The molecule has 0 amide bonds. The molecule has 0 aromatic heterocycles. The van der Waals surface area contributed by atoms with E-state index in [1.807, 2.05) is 6.92 Å². The van der Waals surface area contributed by atoms with Gasteiger partial charge in [0.05, 0.1) is 11.1 Å². The molecule has 0 radical (unpaired) electrons. The number of hydrogen-bond acceptors (Lipinski definition) is 2. The monoisotopic (exact) mass is 387 g/mol. The molecule has 0 aliphatic heterocycles. The molecule has 2 aromatic rings. The van der Waals surface area contributed by atoms with Crippen molar-refractivity contribution in [2.75, 3.05) is 5.32 Å². The lowest BCUT2D eigenvalue weighted by Crippen LogP contribution is -2.11. The number of ketones is 1. The first-order valence-electron chi connectivity index (χ1n) is 7.86. The Morgan fingerprint density at radius 3 is 1.89 bits per heavy atom. The summed E-state index contributed by atoms with van der Waals surface area (Å²) in [6, 6.07) is 7.83. The molecule has 0 heterocycles. The highest BCUT2D eigenvalue weighted by atomic mass is 19.4. The number of aryl methyl sites for hydroxylation is 1. The van der Waals surface area contributed by atoms with Gasteiger partial charge in [-0.15, -0.1) is 0 Å². The molecule has 2 aromatic carbocycles. The van der Waals surface area contributed by atoms with Gasteiger partial charge < -0.3 is 5.32 Å². The van der Waals surface area contributed by atoms with Gasteiger partial charge in [-0.1, -0.05) is 31.2 Å². The van der Waals surface area contributed by atoms with Crippen LogP contribution in [0.5, 0.6) is 0 Å². The quantitative estimate of drug-likeness (QED) is 0.382. The summed E-state index contributed by atoms with van der Waals surface area (Å²) in [7, 11) is 0. The second-order valence-electron chi connectivity index (χ2n) is 5.69. The van der Waals surface area contributed by atoms with Crippen LogP contribution in [0.4, 0.5) is 32.0 Å². The first-order valence-corrected chi connectivity index (χ1v) is 7.86. The largest absolute Gasteiger partial charge is 0.416 e.